The molecule has 0 bridgehead atoms. The Morgan fingerprint density at radius 1 is 1.10 bits per heavy atom. The van der Waals surface area contributed by atoms with Crippen molar-refractivity contribution in [3.05, 3.63) is 47.5 Å². The van der Waals surface area contributed by atoms with Crippen molar-refractivity contribution in [3.63, 3.8) is 0 Å². The van der Waals surface area contributed by atoms with E-state index in [4.69, 9.17) is 10.7 Å². The molecule has 5 heteroatoms. The summed E-state index contributed by atoms with van der Waals surface area (Å²) in [7, 11) is -0.975. The van der Waals surface area contributed by atoms with Crippen LogP contribution in [0.4, 0.5) is 0 Å². The molecule has 3 aromatic rings. The lowest BCUT2D eigenvalue weighted by molar-refractivity contribution is 0.449. The van der Waals surface area contributed by atoms with Gasteiger partial charge in [0.15, 0.2) is 0 Å². The Bertz CT molecular complexity index is 1220. The van der Waals surface area contributed by atoms with Crippen molar-refractivity contribution in [3.8, 4) is 11.8 Å². The summed E-state index contributed by atoms with van der Waals surface area (Å²) in [4.78, 5) is 4.88. The third-order valence-electron chi connectivity index (χ3n) is 6.32. The maximum atomic E-state index is 13.2. The van der Waals surface area contributed by atoms with Crippen LogP contribution in [0.3, 0.4) is 0 Å². The summed E-state index contributed by atoms with van der Waals surface area (Å²) in [6.45, 7) is 1.86. The zero-order valence-electron chi connectivity index (χ0n) is 16.5. The first kappa shape index (κ1) is 18.8. The summed E-state index contributed by atoms with van der Waals surface area (Å²) in [5.41, 5.74) is 8.58. The molecular weight excluding hydrogens is 396 g/mol. The minimum absolute atomic E-state index is 0.124. The van der Waals surface area contributed by atoms with Gasteiger partial charge in [-0.15, -0.1) is 17.3 Å². The molecule has 2 heterocycles. The maximum absolute atomic E-state index is 13.2. The highest BCUT2D eigenvalue weighted by molar-refractivity contribution is 7.87. The van der Waals surface area contributed by atoms with Crippen LogP contribution < -0.4 is 5.73 Å². The fourth-order valence-electron chi connectivity index (χ4n) is 4.74. The fourth-order valence-corrected chi connectivity index (χ4v) is 7.71. The van der Waals surface area contributed by atoms with Gasteiger partial charge in [0.1, 0.15) is 10.6 Å². The third kappa shape index (κ3) is 3.10. The predicted molar refractivity (Wildman–Crippen MR) is 125 cm³/mol. The number of hydrogen-bond acceptors (Lipinski definition) is 4. The second kappa shape index (κ2) is 7.27. The van der Waals surface area contributed by atoms with E-state index in [0.29, 0.717) is 11.6 Å². The normalized spacial score (nSPS) is 23.7. The second-order valence-electron chi connectivity index (χ2n) is 8.04. The molecule has 5 rings (SSSR count). The Balaban J connectivity index is 1.58. The third-order valence-corrected chi connectivity index (χ3v) is 9.57. The number of nitrogens with zero attached hydrogens (tertiary/aromatic N) is 1. The number of aliphatic imine (C=N–C) groups is 1. The van der Waals surface area contributed by atoms with E-state index in [9.17, 15) is 4.21 Å². The molecule has 148 valence electrons. The molecule has 0 radical (unpaired) electrons. The second-order valence-corrected chi connectivity index (χ2v) is 10.9. The lowest BCUT2D eigenvalue weighted by Crippen LogP contribution is -2.53. The predicted octanol–water partition coefficient (Wildman–Crippen LogP) is 5.29. The molecule has 1 saturated carbocycles. The Kier molecular flexibility index (Phi) is 4.72. The molecule has 1 aliphatic carbocycles. The highest BCUT2D eigenvalue weighted by Gasteiger charge is 2.45. The molecule has 1 fully saturated rings. The average Bonchev–Trinajstić information content (AvgIpc) is 3.10. The molecule has 2 unspecified atom stereocenters. The molecule has 1 aliphatic heterocycles. The smallest absolute Gasteiger partial charge is 0.113 e. The summed E-state index contributed by atoms with van der Waals surface area (Å²) >= 11 is 1.79. The Hall–Kier alpha value is -2.16. The van der Waals surface area contributed by atoms with Gasteiger partial charge < -0.3 is 5.73 Å². The first-order chi connectivity index (χ1) is 14.1. The first-order valence-corrected chi connectivity index (χ1v) is 12.4. The van der Waals surface area contributed by atoms with Crippen molar-refractivity contribution in [1.82, 2.24) is 0 Å². The number of nitrogens with two attached hydrogens (primary N) is 1. The molecule has 29 heavy (non-hydrogen) atoms. The van der Waals surface area contributed by atoms with Gasteiger partial charge in [-0.2, -0.15) is 0 Å². The zero-order chi connectivity index (χ0) is 20.0. The first-order valence-electron chi connectivity index (χ1n) is 10.2. The van der Waals surface area contributed by atoms with E-state index < -0.39 is 10.8 Å². The molecule has 2 aliphatic rings. The largest absolute Gasteiger partial charge is 0.386 e. The van der Waals surface area contributed by atoms with Gasteiger partial charge in [-0.25, -0.2) is 0 Å². The molecule has 3 nitrogen and oxygen atoms in total. The van der Waals surface area contributed by atoms with Gasteiger partial charge in [-0.3, -0.25) is 9.20 Å². The van der Waals surface area contributed by atoms with Crippen molar-refractivity contribution in [1.29, 1.82) is 0 Å². The standard InChI is InChI=1S/C24H24N2OS2/c1-2-6-16-7-9-21-18(13-16)19-14-17(8-10-22(19)28-21)20-15-29(27)24(23(25)26-20)11-4-3-5-12-24/h7-10,13-14,20H,3-5,11-12,15H2,1H3,(H2,25,26). The molecular formula is C24H24N2OS2. The van der Waals surface area contributed by atoms with Crippen molar-refractivity contribution in [2.45, 2.75) is 49.8 Å². The molecule has 0 amide bonds. The average molecular weight is 421 g/mol. The number of benzene rings is 2. The fraction of sp³-hybridized carbons (Fsp3) is 0.375. The van der Waals surface area contributed by atoms with Crippen LogP contribution in [0.25, 0.3) is 20.2 Å². The summed E-state index contributed by atoms with van der Waals surface area (Å²) in [6.07, 6.45) is 5.24. The van der Waals surface area contributed by atoms with Crippen LogP contribution in [-0.4, -0.2) is 20.5 Å². The topological polar surface area (TPSA) is 55.5 Å². The number of thiophene rings is 1. The maximum Gasteiger partial charge on any atom is 0.113 e. The van der Waals surface area contributed by atoms with Gasteiger partial charge in [-0.1, -0.05) is 31.2 Å². The van der Waals surface area contributed by atoms with Crippen LogP contribution >= 0.6 is 11.3 Å². The van der Waals surface area contributed by atoms with Gasteiger partial charge in [0.2, 0.25) is 0 Å². The summed E-state index contributed by atoms with van der Waals surface area (Å²) in [6, 6.07) is 12.8. The van der Waals surface area contributed by atoms with E-state index in [0.717, 1.165) is 36.8 Å². The van der Waals surface area contributed by atoms with Crippen LogP contribution in [-0.2, 0) is 10.8 Å². The monoisotopic (exact) mass is 420 g/mol. The number of amidine groups is 1. The number of rotatable bonds is 1. The van der Waals surface area contributed by atoms with Gasteiger partial charge in [0, 0.05) is 36.5 Å². The summed E-state index contributed by atoms with van der Waals surface area (Å²) in [5.74, 6) is 7.31. The molecule has 2 N–H and O–H groups in total. The van der Waals surface area contributed by atoms with Crippen LogP contribution in [0.5, 0.6) is 0 Å². The lowest BCUT2D eigenvalue weighted by atomic mass is 9.87. The van der Waals surface area contributed by atoms with Crippen molar-refractivity contribution in [2.75, 3.05) is 5.75 Å². The van der Waals surface area contributed by atoms with Crippen molar-refractivity contribution >= 4 is 48.1 Å². The van der Waals surface area contributed by atoms with E-state index in [1.54, 1.807) is 11.3 Å². The van der Waals surface area contributed by atoms with E-state index in [-0.39, 0.29) is 10.8 Å². The lowest BCUT2D eigenvalue weighted by Gasteiger charge is -2.39. The number of hydrogen-bond donors (Lipinski definition) is 1. The van der Waals surface area contributed by atoms with Crippen LogP contribution in [0, 0.1) is 11.8 Å². The van der Waals surface area contributed by atoms with Gasteiger partial charge >= 0.3 is 0 Å². The SMILES string of the molecule is CC#Cc1ccc2sc3ccc(C4CS(=O)C5(CCCCC5)C(N)=N4)cc3c2c1. The Morgan fingerprint density at radius 2 is 1.83 bits per heavy atom. The highest BCUT2D eigenvalue weighted by atomic mass is 32.2. The molecule has 2 atom stereocenters. The van der Waals surface area contributed by atoms with Crippen molar-refractivity contribution in [2.24, 2.45) is 10.7 Å². The van der Waals surface area contributed by atoms with Crippen molar-refractivity contribution < 1.29 is 4.21 Å². The van der Waals surface area contributed by atoms with Gasteiger partial charge in [0.05, 0.1) is 11.8 Å². The van der Waals surface area contributed by atoms with E-state index in [2.05, 4.69) is 48.2 Å². The quantitative estimate of drug-likeness (QED) is 0.544. The highest BCUT2D eigenvalue weighted by Crippen LogP contribution is 2.41. The molecule has 0 saturated heterocycles. The number of fused-ring (bicyclic) bond motifs is 3. The Labute approximate surface area is 177 Å². The minimum atomic E-state index is -0.975. The zero-order valence-corrected chi connectivity index (χ0v) is 18.2. The summed E-state index contributed by atoms with van der Waals surface area (Å²) < 4.78 is 15.4. The molecule has 1 aromatic heterocycles. The molecule has 2 aromatic carbocycles. The minimum Gasteiger partial charge on any atom is -0.386 e. The molecule has 1 spiro atoms. The van der Waals surface area contributed by atoms with Crippen LogP contribution in [0.2, 0.25) is 0 Å². The van der Waals surface area contributed by atoms with Crippen LogP contribution in [0.1, 0.15) is 56.2 Å². The van der Waals surface area contributed by atoms with Gasteiger partial charge in [0.25, 0.3) is 0 Å². The van der Waals surface area contributed by atoms with E-state index in [1.807, 2.05) is 6.92 Å². The van der Waals surface area contributed by atoms with Gasteiger partial charge in [-0.05, 0) is 55.7 Å². The summed E-state index contributed by atoms with van der Waals surface area (Å²) in [5, 5.41) is 2.45. The Morgan fingerprint density at radius 3 is 2.55 bits per heavy atom. The van der Waals surface area contributed by atoms with Crippen LogP contribution in [0.15, 0.2) is 41.4 Å². The van der Waals surface area contributed by atoms with E-state index in [1.165, 1.54) is 26.6 Å². The van der Waals surface area contributed by atoms with E-state index >= 15 is 0 Å².